The summed E-state index contributed by atoms with van der Waals surface area (Å²) in [5.41, 5.74) is 3.30. The van der Waals surface area contributed by atoms with Gasteiger partial charge in [0.1, 0.15) is 12.6 Å². The number of aryl methyl sites for hydroxylation is 1. The minimum atomic E-state index is -4.08. The van der Waals surface area contributed by atoms with Gasteiger partial charge in [0.2, 0.25) is 11.8 Å². The zero-order chi connectivity index (χ0) is 28.7. The summed E-state index contributed by atoms with van der Waals surface area (Å²) in [5.74, 6) is -0.507. The highest BCUT2D eigenvalue weighted by Crippen LogP contribution is 2.26. The third-order valence-corrected chi connectivity index (χ3v) is 8.45. The molecule has 7 nitrogen and oxygen atoms in total. The maximum atomic E-state index is 14.0. The van der Waals surface area contributed by atoms with Crippen LogP contribution < -0.4 is 9.62 Å². The quantitative estimate of drug-likeness (QED) is 0.354. The van der Waals surface area contributed by atoms with Crippen LogP contribution in [-0.4, -0.2) is 43.8 Å². The lowest BCUT2D eigenvalue weighted by molar-refractivity contribution is -0.139. The molecule has 39 heavy (non-hydrogen) atoms. The van der Waals surface area contributed by atoms with E-state index in [9.17, 15) is 18.0 Å². The fraction of sp³-hybridized carbons (Fsp3) is 0.355. The molecule has 0 spiro atoms. The second kappa shape index (κ2) is 12.9. The minimum Gasteiger partial charge on any atom is -0.352 e. The van der Waals surface area contributed by atoms with E-state index in [1.165, 1.54) is 17.0 Å². The lowest BCUT2D eigenvalue weighted by atomic mass is 10.0. The molecule has 0 aliphatic carbocycles. The first-order valence-corrected chi connectivity index (χ1v) is 14.7. The van der Waals surface area contributed by atoms with Gasteiger partial charge in [-0.3, -0.25) is 13.9 Å². The second-order valence-electron chi connectivity index (χ2n) is 10.4. The molecule has 1 atom stereocenters. The van der Waals surface area contributed by atoms with Crippen molar-refractivity contribution in [2.75, 3.05) is 10.8 Å². The van der Waals surface area contributed by atoms with Crippen LogP contribution in [-0.2, 0) is 26.2 Å². The maximum Gasteiger partial charge on any atom is 0.264 e. The summed E-state index contributed by atoms with van der Waals surface area (Å²) in [6.45, 7) is 11.2. The Morgan fingerprint density at radius 2 is 1.41 bits per heavy atom. The number of carbonyl (C=O) groups excluding carboxylic acids is 2. The van der Waals surface area contributed by atoms with Crippen molar-refractivity contribution in [1.82, 2.24) is 10.2 Å². The molecule has 208 valence electrons. The van der Waals surface area contributed by atoms with Crippen LogP contribution in [0, 0.1) is 6.92 Å². The Morgan fingerprint density at radius 1 is 0.821 bits per heavy atom. The molecule has 0 unspecified atom stereocenters. The highest BCUT2D eigenvalue weighted by molar-refractivity contribution is 7.92. The number of hydrogen-bond donors (Lipinski definition) is 1. The van der Waals surface area contributed by atoms with E-state index in [2.05, 4.69) is 19.2 Å². The first-order valence-electron chi connectivity index (χ1n) is 13.2. The van der Waals surface area contributed by atoms with Gasteiger partial charge in [0.25, 0.3) is 10.0 Å². The zero-order valence-electron chi connectivity index (χ0n) is 23.6. The van der Waals surface area contributed by atoms with E-state index < -0.39 is 28.5 Å². The molecule has 0 fully saturated rings. The topological polar surface area (TPSA) is 86.8 Å². The molecule has 0 radical (unpaired) electrons. The molecular formula is C31H39N3O4S. The van der Waals surface area contributed by atoms with Gasteiger partial charge in [0, 0.05) is 12.6 Å². The third-order valence-electron chi connectivity index (χ3n) is 6.66. The van der Waals surface area contributed by atoms with Gasteiger partial charge in [-0.25, -0.2) is 8.42 Å². The summed E-state index contributed by atoms with van der Waals surface area (Å²) in [6, 6.07) is 22.0. The van der Waals surface area contributed by atoms with Crippen LogP contribution in [0.5, 0.6) is 0 Å². The maximum absolute atomic E-state index is 14.0. The van der Waals surface area contributed by atoms with Gasteiger partial charge in [-0.15, -0.1) is 0 Å². The number of amides is 2. The monoisotopic (exact) mass is 549 g/mol. The van der Waals surface area contributed by atoms with E-state index in [1.807, 2.05) is 57.2 Å². The number of rotatable bonds is 11. The molecule has 3 rings (SSSR count). The van der Waals surface area contributed by atoms with E-state index in [0.29, 0.717) is 5.69 Å². The smallest absolute Gasteiger partial charge is 0.264 e. The normalized spacial score (nSPS) is 12.3. The highest BCUT2D eigenvalue weighted by Gasteiger charge is 2.32. The van der Waals surface area contributed by atoms with Gasteiger partial charge >= 0.3 is 0 Å². The first kappa shape index (κ1) is 29.9. The van der Waals surface area contributed by atoms with Crippen molar-refractivity contribution in [2.45, 2.75) is 71.0 Å². The van der Waals surface area contributed by atoms with E-state index in [0.717, 1.165) is 21.0 Å². The zero-order valence-corrected chi connectivity index (χ0v) is 24.4. The molecule has 3 aromatic carbocycles. The summed E-state index contributed by atoms with van der Waals surface area (Å²) in [7, 11) is -4.08. The van der Waals surface area contributed by atoms with Gasteiger partial charge in [-0.2, -0.15) is 0 Å². The van der Waals surface area contributed by atoms with Crippen molar-refractivity contribution in [3.8, 4) is 0 Å². The number of anilines is 1. The SMILES string of the molecule is Cc1ccccc1CN(C(=O)CN(c1ccc(C(C)C)cc1)S(=O)(=O)c1ccccc1)[C@H](C)C(=O)NC(C)C. The number of sulfonamides is 1. The molecule has 0 aromatic heterocycles. The predicted octanol–water partition coefficient (Wildman–Crippen LogP) is 5.26. The number of nitrogens with one attached hydrogen (secondary N) is 1. The lowest BCUT2D eigenvalue weighted by Crippen LogP contribution is -2.52. The Labute approximate surface area is 232 Å². The largest absolute Gasteiger partial charge is 0.352 e. The van der Waals surface area contributed by atoms with Crippen LogP contribution in [0.1, 0.15) is 57.2 Å². The van der Waals surface area contributed by atoms with Crippen LogP contribution in [0.3, 0.4) is 0 Å². The highest BCUT2D eigenvalue weighted by atomic mass is 32.2. The number of nitrogens with zero attached hydrogens (tertiary/aromatic N) is 2. The Hall–Kier alpha value is -3.65. The Balaban J connectivity index is 2.04. The summed E-state index contributed by atoms with van der Waals surface area (Å²) >= 11 is 0. The first-order chi connectivity index (χ1) is 18.4. The van der Waals surface area contributed by atoms with E-state index in [-0.39, 0.29) is 29.3 Å². The van der Waals surface area contributed by atoms with Gasteiger partial charge in [-0.05, 0) is 74.6 Å². The molecule has 1 N–H and O–H groups in total. The number of hydrogen-bond acceptors (Lipinski definition) is 4. The second-order valence-corrected chi connectivity index (χ2v) is 12.2. The van der Waals surface area contributed by atoms with E-state index >= 15 is 0 Å². The Kier molecular flexibility index (Phi) is 9.92. The lowest BCUT2D eigenvalue weighted by Gasteiger charge is -2.32. The van der Waals surface area contributed by atoms with E-state index in [4.69, 9.17) is 0 Å². The molecule has 0 bridgehead atoms. The van der Waals surface area contributed by atoms with Crippen LogP contribution in [0.4, 0.5) is 5.69 Å². The summed E-state index contributed by atoms with van der Waals surface area (Å²) in [4.78, 5) is 28.5. The minimum absolute atomic E-state index is 0.0850. The predicted molar refractivity (Wildman–Crippen MR) is 156 cm³/mol. The van der Waals surface area contributed by atoms with Gasteiger partial charge < -0.3 is 10.2 Å². The van der Waals surface area contributed by atoms with Gasteiger partial charge in [0.15, 0.2) is 0 Å². The fourth-order valence-corrected chi connectivity index (χ4v) is 5.67. The summed E-state index contributed by atoms with van der Waals surface area (Å²) in [5, 5.41) is 2.87. The Bertz CT molecular complexity index is 1370. The van der Waals surface area contributed by atoms with Crippen molar-refractivity contribution in [2.24, 2.45) is 0 Å². The van der Waals surface area contributed by atoms with Gasteiger partial charge in [-0.1, -0.05) is 68.4 Å². The van der Waals surface area contributed by atoms with Crippen LogP contribution in [0.15, 0.2) is 83.8 Å². The van der Waals surface area contributed by atoms with Crippen molar-refractivity contribution in [3.05, 3.63) is 95.6 Å². The number of benzene rings is 3. The van der Waals surface area contributed by atoms with E-state index in [1.54, 1.807) is 37.3 Å². The van der Waals surface area contributed by atoms with Crippen LogP contribution in [0.25, 0.3) is 0 Å². The molecule has 3 aromatic rings. The van der Waals surface area contributed by atoms with Crippen molar-refractivity contribution in [1.29, 1.82) is 0 Å². The molecule has 0 saturated heterocycles. The molecule has 0 heterocycles. The number of carbonyl (C=O) groups is 2. The molecule has 2 amide bonds. The standard InChI is InChI=1S/C31H39N3O4S/c1-22(2)26-16-18-28(19-17-26)34(39(37,38)29-14-8-7-9-15-29)21-30(35)33(25(6)31(36)32-23(3)4)20-27-13-11-10-12-24(27)5/h7-19,22-23,25H,20-21H2,1-6H3,(H,32,36)/t25-/m1/s1. The third kappa shape index (κ3) is 7.47. The molecule has 0 aliphatic heterocycles. The van der Waals surface area contributed by atoms with Crippen molar-refractivity contribution >= 4 is 27.5 Å². The Morgan fingerprint density at radius 3 is 1.97 bits per heavy atom. The van der Waals surface area contributed by atoms with Crippen molar-refractivity contribution < 1.29 is 18.0 Å². The fourth-order valence-electron chi connectivity index (χ4n) is 4.23. The average Bonchev–Trinajstić information content (AvgIpc) is 2.90. The van der Waals surface area contributed by atoms with Crippen molar-refractivity contribution in [3.63, 3.8) is 0 Å². The van der Waals surface area contributed by atoms with Crippen LogP contribution in [0.2, 0.25) is 0 Å². The molecule has 0 saturated carbocycles. The molecular weight excluding hydrogens is 510 g/mol. The summed E-state index contributed by atoms with van der Waals surface area (Å²) < 4.78 is 28.8. The van der Waals surface area contributed by atoms with Crippen LogP contribution >= 0.6 is 0 Å². The molecule has 8 heteroatoms. The summed E-state index contributed by atoms with van der Waals surface area (Å²) in [6.07, 6.45) is 0. The van der Waals surface area contributed by atoms with Gasteiger partial charge in [0.05, 0.1) is 10.6 Å². The average molecular weight is 550 g/mol. The molecule has 0 aliphatic rings.